The van der Waals surface area contributed by atoms with E-state index in [1.54, 1.807) is 18.2 Å². The number of aliphatic hydroxyl groups excluding tert-OH is 1. The molecule has 2 aliphatic heterocycles. The van der Waals surface area contributed by atoms with Crippen LogP contribution in [0.5, 0.6) is 5.75 Å². The maximum Gasteiger partial charge on any atom is 0.230 e. The third-order valence-electron chi connectivity index (χ3n) is 7.98. The molecule has 7 rings (SSSR count). The SMILES string of the molecule is O=C(C[C@H]1C[C@@H](O)c2cc(Cl)ccc2O1)NC12CC(N3CC[C@@H](c4ccc(Cl)cc4)C3=O)(C1)C2. The fraction of sp³-hybridized carbons (Fsp3) is 0.462. The van der Waals surface area contributed by atoms with Gasteiger partial charge in [-0.3, -0.25) is 9.59 Å². The number of hydrogen-bond donors (Lipinski definition) is 2. The van der Waals surface area contributed by atoms with E-state index < -0.39 is 6.10 Å². The number of nitrogens with one attached hydrogen (secondary N) is 1. The van der Waals surface area contributed by atoms with Crippen LogP contribution in [0.4, 0.5) is 0 Å². The summed E-state index contributed by atoms with van der Waals surface area (Å²) in [7, 11) is 0. The summed E-state index contributed by atoms with van der Waals surface area (Å²) in [6.07, 6.45) is 2.69. The summed E-state index contributed by atoms with van der Waals surface area (Å²) in [5, 5.41) is 14.9. The molecule has 2 heterocycles. The first-order valence-electron chi connectivity index (χ1n) is 11.8. The predicted octanol–water partition coefficient (Wildman–Crippen LogP) is 4.38. The Bertz CT molecular complexity index is 1150. The smallest absolute Gasteiger partial charge is 0.230 e. The topological polar surface area (TPSA) is 78.9 Å². The Morgan fingerprint density at radius 1 is 1.12 bits per heavy atom. The average molecular weight is 501 g/mol. The number of aliphatic hydroxyl groups is 1. The van der Waals surface area contributed by atoms with Gasteiger partial charge in [0.05, 0.1) is 18.4 Å². The highest BCUT2D eigenvalue weighted by Gasteiger charge is 2.72. The number of hydrogen-bond acceptors (Lipinski definition) is 4. The molecule has 3 saturated carbocycles. The summed E-state index contributed by atoms with van der Waals surface area (Å²) >= 11 is 12.0. The first-order chi connectivity index (χ1) is 16.3. The predicted molar refractivity (Wildman–Crippen MR) is 128 cm³/mol. The van der Waals surface area contributed by atoms with E-state index in [0.29, 0.717) is 27.8 Å². The van der Waals surface area contributed by atoms with Crippen molar-refractivity contribution in [2.24, 2.45) is 0 Å². The van der Waals surface area contributed by atoms with Gasteiger partial charge in [0, 0.05) is 39.7 Å². The van der Waals surface area contributed by atoms with E-state index in [2.05, 4.69) is 5.32 Å². The standard InChI is InChI=1S/C26H26Cl2N2O4/c27-16-3-1-15(2-4-16)19-7-8-30(24(19)33)26-12-25(13-26,14-26)29-23(32)11-18-10-21(31)20-9-17(28)5-6-22(20)34-18/h1-6,9,18-19,21,31H,7-8,10-14H2,(H,29,32)/t18-,19+,21-,25?,26?/m1/s1. The molecule has 34 heavy (non-hydrogen) atoms. The van der Waals surface area contributed by atoms with Crippen LogP contribution in [0.3, 0.4) is 0 Å². The molecule has 2 aromatic carbocycles. The molecule has 3 aliphatic carbocycles. The number of halogens is 2. The van der Waals surface area contributed by atoms with E-state index in [-0.39, 0.29) is 41.3 Å². The molecule has 1 saturated heterocycles. The minimum Gasteiger partial charge on any atom is -0.489 e. The Morgan fingerprint density at radius 2 is 1.82 bits per heavy atom. The zero-order chi connectivity index (χ0) is 23.7. The minimum absolute atomic E-state index is 0.0743. The van der Waals surface area contributed by atoms with Crippen molar-refractivity contribution in [3.8, 4) is 5.75 Å². The minimum atomic E-state index is -0.701. The molecule has 2 amide bonds. The van der Waals surface area contributed by atoms with Crippen LogP contribution in [0.1, 0.15) is 61.7 Å². The van der Waals surface area contributed by atoms with E-state index in [0.717, 1.165) is 37.8 Å². The van der Waals surface area contributed by atoms with Gasteiger partial charge in [-0.15, -0.1) is 0 Å². The second-order valence-electron chi connectivity index (χ2n) is 10.3. The lowest BCUT2D eigenvalue weighted by Crippen LogP contribution is -2.83. The van der Waals surface area contributed by atoms with Gasteiger partial charge in [0.2, 0.25) is 11.8 Å². The largest absolute Gasteiger partial charge is 0.489 e. The maximum absolute atomic E-state index is 13.2. The highest BCUT2D eigenvalue weighted by atomic mass is 35.5. The van der Waals surface area contributed by atoms with E-state index >= 15 is 0 Å². The molecular formula is C26H26Cl2N2O4. The summed E-state index contributed by atoms with van der Waals surface area (Å²) < 4.78 is 5.94. The third kappa shape index (κ3) is 3.58. The highest BCUT2D eigenvalue weighted by Crippen LogP contribution is 2.64. The van der Waals surface area contributed by atoms with Gasteiger partial charge in [0.25, 0.3) is 0 Å². The van der Waals surface area contributed by atoms with Crippen LogP contribution >= 0.6 is 23.2 Å². The number of nitrogens with zero attached hydrogens (tertiary/aromatic N) is 1. The molecule has 0 unspecified atom stereocenters. The normalized spacial score (nSPS) is 33.4. The lowest BCUT2D eigenvalue weighted by Gasteiger charge is -2.73. The van der Waals surface area contributed by atoms with Crippen LogP contribution in [-0.4, -0.2) is 45.5 Å². The molecule has 3 atom stereocenters. The Labute approximate surface area is 208 Å². The third-order valence-corrected chi connectivity index (χ3v) is 8.47. The Morgan fingerprint density at radius 3 is 2.56 bits per heavy atom. The summed E-state index contributed by atoms with van der Waals surface area (Å²) in [6, 6.07) is 12.7. The monoisotopic (exact) mass is 500 g/mol. The van der Waals surface area contributed by atoms with E-state index in [4.69, 9.17) is 27.9 Å². The second-order valence-corrected chi connectivity index (χ2v) is 11.2. The summed E-state index contributed by atoms with van der Waals surface area (Å²) in [6.45, 7) is 0.757. The Balaban J connectivity index is 1.03. The van der Waals surface area contributed by atoms with Crippen molar-refractivity contribution in [1.29, 1.82) is 0 Å². The molecule has 0 aromatic heterocycles. The van der Waals surface area contributed by atoms with Crippen molar-refractivity contribution in [2.75, 3.05) is 6.54 Å². The zero-order valence-corrected chi connectivity index (χ0v) is 20.1. The van der Waals surface area contributed by atoms with Gasteiger partial charge < -0.3 is 20.1 Å². The van der Waals surface area contributed by atoms with Crippen LogP contribution in [0.15, 0.2) is 42.5 Å². The van der Waals surface area contributed by atoms with Gasteiger partial charge in [-0.1, -0.05) is 35.3 Å². The summed E-state index contributed by atoms with van der Waals surface area (Å²) in [5.74, 6) is 0.581. The zero-order valence-electron chi connectivity index (χ0n) is 18.6. The number of amides is 2. The number of carbonyl (C=O) groups is 2. The van der Waals surface area contributed by atoms with Gasteiger partial charge in [0.15, 0.2) is 0 Å². The van der Waals surface area contributed by atoms with Crippen molar-refractivity contribution < 1.29 is 19.4 Å². The highest BCUT2D eigenvalue weighted by molar-refractivity contribution is 6.30. The Hall–Kier alpha value is -2.28. The molecule has 6 nitrogen and oxygen atoms in total. The molecule has 2 bridgehead atoms. The van der Waals surface area contributed by atoms with E-state index in [1.165, 1.54) is 0 Å². The summed E-state index contributed by atoms with van der Waals surface area (Å²) in [5.41, 5.74) is 1.36. The lowest BCUT2D eigenvalue weighted by molar-refractivity contribution is -0.186. The van der Waals surface area contributed by atoms with Crippen molar-refractivity contribution in [1.82, 2.24) is 10.2 Å². The van der Waals surface area contributed by atoms with Crippen LogP contribution in [0.25, 0.3) is 0 Å². The number of carbonyl (C=O) groups excluding carboxylic acids is 2. The number of rotatable bonds is 5. The fourth-order valence-electron chi connectivity index (χ4n) is 6.48. The molecule has 0 spiro atoms. The number of benzene rings is 2. The van der Waals surface area contributed by atoms with Crippen LogP contribution in [-0.2, 0) is 9.59 Å². The van der Waals surface area contributed by atoms with Crippen molar-refractivity contribution in [3.05, 3.63) is 63.6 Å². The van der Waals surface area contributed by atoms with E-state index in [1.807, 2.05) is 29.2 Å². The molecule has 2 N–H and O–H groups in total. The molecule has 5 aliphatic rings. The lowest BCUT2D eigenvalue weighted by atomic mass is 9.43. The van der Waals surface area contributed by atoms with Crippen molar-refractivity contribution in [3.63, 3.8) is 0 Å². The number of ether oxygens (including phenoxy) is 1. The average Bonchev–Trinajstić information content (AvgIpc) is 3.12. The first-order valence-corrected chi connectivity index (χ1v) is 12.5. The second kappa shape index (κ2) is 7.87. The van der Waals surface area contributed by atoms with Crippen LogP contribution in [0.2, 0.25) is 10.0 Å². The van der Waals surface area contributed by atoms with Gasteiger partial charge in [-0.25, -0.2) is 0 Å². The summed E-state index contributed by atoms with van der Waals surface area (Å²) in [4.78, 5) is 28.0. The van der Waals surface area contributed by atoms with Crippen molar-refractivity contribution >= 4 is 35.0 Å². The van der Waals surface area contributed by atoms with Crippen LogP contribution in [0, 0.1) is 0 Å². The molecule has 0 radical (unpaired) electrons. The molecular weight excluding hydrogens is 475 g/mol. The first kappa shape index (κ1) is 22.2. The number of likely N-dealkylation sites (tertiary alicyclic amines) is 1. The van der Waals surface area contributed by atoms with Crippen LogP contribution < -0.4 is 10.1 Å². The van der Waals surface area contributed by atoms with Crippen molar-refractivity contribution in [2.45, 2.75) is 67.7 Å². The molecule has 2 aromatic rings. The quantitative estimate of drug-likeness (QED) is 0.638. The van der Waals surface area contributed by atoms with Gasteiger partial charge in [-0.05, 0) is 61.6 Å². The molecule has 4 fully saturated rings. The van der Waals surface area contributed by atoms with Gasteiger partial charge in [0.1, 0.15) is 11.9 Å². The number of fused-ring (bicyclic) bond motifs is 1. The maximum atomic E-state index is 13.2. The van der Waals surface area contributed by atoms with Gasteiger partial charge in [-0.2, -0.15) is 0 Å². The van der Waals surface area contributed by atoms with E-state index in [9.17, 15) is 14.7 Å². The van der Waals surface area contributed by atoms with Gasteiger partial charge >= 0.3 is 0 Å². The fourth-order valence-corrected chi connectivity index (χ4v) is 6.78. The molecule has 8 heteroatoms. The molecule has 178 valence electrons. The Kier molecular flexibility index (Phi) is 5.14.